The fourth-order valence-electron chi connectivity index (χ4n) is 11.8. The van der Waals surface area contributed by atoms with Crippen LogP contribution in [0.1, 0.15) is 104 Å². The Morgan fingerprint density at radius 3 is 1.09 bits per heavy atom. The summed E-state index contributed by atoms with van der Waals surface area (Å²) in [5.74, 6) is -0.871. The van der Waals surface area contributed by atoms with Crippen molar-refractivity contribution in [1.29, 1.82) is 0 Å². The summed E-state index contributed by atoms with van der Waals surface area (Å²) in [7, 11) is 0. The maximum atomic E-state index is 12.4. The molecule has 0 radical (unpaired) electrons. The molecular formula is C63H115N5O37. The van der Waals surface area contributed by atoms with Gasteiger partial charge in [-0.2, -0.15) is 0 Å². The summed E-state index contributed by atoms with van der Waals surface area (Å²) in [4.78, 5) is 59.4. The molecule has 0 aromatic rings. The van der Waals surface area contributed by atoms with Crippen molar-refractivity contribution >= 4 is 29.8 Å². The quantitative estimate of drug-likeness (QED) is 0.0154. The molecule has 0 unspecified atom stereocenters. The van der Waals surface area contributed by atoms with E-state index in [0.29, 0.717) is 57.9 Å². The van der Waals surface area contributed by atoms with Gasteiger partial charge in [0.25, 0.3) is 0 Å². The molecule has 42 heteroatoms. The minimum Gasteiger partial charge on any atom is -0.394 e. The van der Waals surface area contributed by atoms with Gasteiger partial charge < -0.3 is 180 Å². The van der Waals surface area contributed by atoms with Crippen LogP contribution in [0.2, 0.25) is 0 Å². The number of aldehydes is 1. The number of unbranched alkanes of at least 4 members (excludes halogenated alkanes) is 3. The van der Waals surface area contributed by atoms with Crippen molar-refractivity contribution in [2.45, 2.75) is 295 Å². The largest absolute Gasteiger partial charge is 0.394 e. The van der Waals surface area contributed by atoms with Crippen LogP contribution in [0.15, 0.2) is 0 Å². The monoisotopic (exact) mass is 1530 g/mol. The van der Waals surface area contributed by atoms with E-state index in [0.717, 1.165) is 12.8 Å². The molecular weight excluding hydrogens is 1420 g/mol. The third-order valence-corrected chi connectivity index (χ3v) is 17.8. The zero-order valence-electron chi connectivity index (χ0n) is 58.9. The Kier molecular flexibility index (Phi) is 43.7. The lowest BCUT2D eigenvalue weighted by molar-refractivity contribution is -0.387. The second-order valence-electron chi connectivity index (χ2n) is 25.4. The zero-order chi connectivity index (χ0) is 78.2. The molecule has 6 aliphatic heterocycles. The molecule has 3 amide bonds. The Labute approximate surface area is 605 Å². The molecule has 6 saturated heterocycles. The summed E-state index contributed by atoms with van der Waals surface area (Å²) < 4.78 is 67.5. The van der Waals surface area contributed by atoms with Crippen LogP contribution in [-0.4, -0.2) is 395 Å². The highest BCUT2D eigenvalue weighted by Gasteiger charge is 2.57. The highest BCUT2D eigenvalue weighted by Crippen LogP contribution is 2.36. The summed E-state index contributed by atoms with van der Waals surface area (Å²) in [6, 6.07) is -0.537. The van der Waals surface area contributed by atoms with Crippen LogP contribution >= 0.6 is 0 Å². The van der Waals surface area contributed by atoms with Crippen LogP contribution in [-0.2, 0) is 80.8 Å². The van der Waals surface area contributed by atoms with Gasteiger partial charge >= 0.3 is 0 Å². The van der Waals surface area contributed by atoms with Crippen LogP contribution in [0.4, 0.5) is 0 Å². The molecule has 42 nitrogen and oxygen atoms in total. The predicted octanol–water partition coefficient (Wildman–Crippen LogP) is -12.0. The van der Waals surface area contributed by atoms with Crippen molar-refractivity contribution < 1.29 is 183 Å². The number of aliphatic hydroxyl groups excluding tert-OH is 20. The third kappa shape index (κ3) is 27.7. The highest BCUT2D eigenvalue weighted by molar-refractivity contribution is 5.79. The molecule has 614 valence electrons. The van der Waals surface area contributed by atoms with E-state index in [1.165, 1.54) is 0 Å². The number of nitrogens with two attached hydrogens (primary N) is 1. The lowest BCUT2D eigenvalue weighted by atomic mass is 9.96. The number of nitrogens with one attached hydrogen (secondary N) is 4. The maximum absolute atomic E-state index is 12.4. The highest BCUT2D eigenvalue weighted by atomic mass is 16.8. The average molecular weight is 1530 g/mol. The van der Waals surface area contributed by atoms with Crippen LogP contribution in [0.3, 0.4) is 0 Å². The fraction of sp³-hybridized carbons (Fsp3) is 0.921. The van der Waals surface area contributed by atoms with Crippen molar-refractivity contribution in [3.63, 3.8) is 0 Å². The molecule has 105 heavy (non-hydrogen) atoms. The molecule has 0 aliphatic carbocycles. The smallest absolute Gasteiger partial charge is 0.234 e. The van der Waals surface area contributed by atoms with E-state index in [1.54, 1.807) is 0 Å². The summed E-state index contributed by atoms with van der Waals surface area (Å²) in [6.45, 7) is 1.57. The Balaban J connectivity index is 0.000000438. The molecule has 0 aromatic heterocycles. The molecule has 0 spiro atoms. The minimum absolute atomic E-state index is 0.0651. The Morgan fingerprint density at radius 1 is 0.390 bits per heavy atom. The number of amides is 3. The third-order valence-electron chi connectivity index (χ3n) is 17.8. The van der Waals surface area contributed by atoms with Crippen LogP contribution in [0.25, 0.3) is 0 Å². The Bertz CT molecular complexity index is 2440. The lowest BCUT2D eigenvalue weighted by Crippen LogP contribution is -2.67. The number of carbonyl (C=O) groups excluding carboxylic acids is 5. The first kappa shape index (κ1) is 93.8. The first-order valence-corrected chi connectivity index (χ1v) is 35.4. The molecule has 6 rings (SSSR count). The standard InChI is InChI=1S/C32H58N4O19.C29H51NO18.C2H6/c33-8-4-3-5-15(11-37)35-36-20(42)7-2-1-6-19(41)34-9-10-50-30-27(49)29(55-32-26(48)24(46)22(44)17(13-39)52-32)28(18(14-40)53-30)54-31-25(47)23(45)21(43)16(12-38)51-31;1-2-30-17(35)8-4-3-6-13(34)7-5-9-43-27-24(42)26(48-29-23(41)21(39)19(37)15(11-32)45-29)25(16(12-33)46-27)47-28-22(40)20(38)18(36)14(10-31)44-28;1-2/h11,15-18,21-32,35,38-40,43-49H,1-10,12-14,33H2,(H,34,41)(H,36,42);14-16,18-29,31-33,36-42H,2-12H2,1H3,(H,30,35);1-2H3/t15-,16+,17+,18+,21+,22+,23-,24-,25-,26-,27-,28+,29+,30-,31+,32+;14-,15-,16-,18-,19-,20+,21+,22+,23+,24+,25-,26-,27+,28-,29-;/m01./s1. The van der Waals surface area contributed by atoms with Crippen molar-refractivity contribution in [2.24, 2.45) is 5.73 Å². The summed E-state index contributed by atoms with van der Waals surface area (Å²) >= 11 is 0. The molecule has 0 bridgehead atoms. The van der Waals surface area contributed by atoms with Gasteiger partial charge in [0.15, 0.2) is 37.7 Å². The molecule has 0 saturated carbocycles. The molecule has 31 atom stereocenters. The predicted molar refractivity (Wildman–Crippen MR) is 348 cm³/mol. The van der Waals surface area contributed by atoms with Gasteiger partial charge in [0.2, 0.25) is 17.7 Å². The summed E-state index contributed by atoms with van der Waals surface area (Å²) in [5, 5.41) is 211. The molecule has 6 fully saturated rings. The summed E-state index contributed by atoms with van der Waals surface area (Å²) in [5.41, 5.74) is 10.6. The van der Waals surface area contributed by atoms with Gasteiger partial charge in [-0.3, -0.25) is 24.6 Å². The number of carbonyl (C=O) groups is 5. The number of rotatable bonds is 41. The molecule has 26 N–H and O–H groups in total. The van der Waals surface area contributed by atoms with Gasteiger partial charge in [-0.1, -0.05) is 20.3 Å². The van der Waals surface area contributed by atoms with E-state index < -0.39 is 230 Å². The lowest BCUT2D eigenvalue weighted by Gasteiger charge is -2.49. The van der Waals surface area contributed by atoms with Crippen LogP contribution in [0.5, 0.6) is 0 Å². The zero-order valence-corrected chi connectivity index (χ0v) is 58.9. The molecule has 6 aliphatic rings. The molecule has 0 aromatic carbocycles. The normalized spacial score (nSPS) is 38.1. The van der Waals surface area contributed by atoms with E-state index >= 15 is 0 Å². The first-order valence-electron chi connectivity index (χ1n) is 35.4. The van der Waals surface area contributed by atoms with Crippen LogP contribution in [0, 0.1) is 0 Å². The molecule has 6 heterocycles. The Hall–Kier alpha value is -3.61. The van der Waals surface area contributed by atoms with E-state index in [4.69, 9.17) is 62.6 Å². The van der Waals surface area contributed by atoms with Crippen molar-refractivity contribution in [3.8, 4) is 0 Å². The number of aliphatic hydroxyl groups is 20. The number of Topliss-reactive ketones (excluding diaryl/α,β-unsaturated/α-hetero) is 1. The van der Waals surface area contributed by atoms with E-state index in [9.17, 15) is 126 Å². The number of ether oxygens (including phenoxy) is 12. The van der Waals surface area contributed by atoms with Crippen molar-refractivity contribution in [1.82, 2.24) is 21.5 Å². The van der Waals surface area contributed by atoms with E-state index in [-0.39, 0.29) is 75.4 Å². The Morgan fingerprint density at radius 2 is 0.724 bits per heavy atom. The number of hydrazine groups is 1. The number of hydrogen-bond donors (Lipinski definition) is 25. The first-order chi connectivity index (χ1) is 50.2. The minimum atomic E-state index is -1.94. The number of hydrogen-bond acceptors (Lipinski definition) is 39. The van der Waals surface area contributed by atoms with E-state index in [1.807, 2.05) is 20.8 Å². The maximum Gasteiger partial charge on any atom is 0.234 e. The van der Waals surface area contributed by atoms with Gasteiger partial charge in [-0.25, -0.2) is 5.43 Å². The second-order valence-corrected chi connectivity index (χ2v) is 25.4. The van der Waals surface area contributed by atoms with Crippen molar-refractivity contribution in [2.75, 3.05) is 72.5 Å². The van der Waals surface area contributed by atoms with Gasteiger partial charge in [-0.15, -0.1) is 0 Å². The van der Waals surface area contributed by atoms with E-state index in [2.05, 4.69) is 21.5 Å². The fourth-order valence-corrected chi connectivity index (χ4v) is 11.8. The van der Waals surface area contributed by atoms with Gasteiger partial charge in [0, 0.05) is 45.2 Å². The van der Waals surface area contributed by atoms with Gasteiger partial charge in [-0.05, 0) is 58.4 Å². The van der Waals surface area contributed by atoms with Crippen LogP contribution < -0.4 is 27.2 Å². The SMILES string of the molecule is CC.CCNC(=O)CCCCC(=O)CCCO[C@H]1O[C@H](CO)[C@@H](O[C@H]2O[C@H](CO)[C@@H](O)[C@H](O)[C@@H]2O)[C@H](O[C@H]2O[C@H](CO)[C@@H](O)[C@H](O)[C@@H]2O)[C@@H]1O.NCCCC[C@@H](C=O)NNC(=O)CCCCC(=O)NCCO[C@H]1O[C@H](CO)[C@@H](O[C@H]2O[C@H](CO)[C@@H](O)[C@H](O)[C@@H]2O)[C@H](O[C@H]2O[C@H](CO)[C@@H](O)[C@H](O)[C@@H]2O)[C@@H]1O. The van der Waals surface area contributed by atoms with Gasteiger partial charge in [0.1, 0.15) is 159 Å². The second kappa shape index (κ2) is 48.9. The van der Waals surface area contributed by atoms with Gasteiger partial charge in [0.05, 0.1) is 58.9 Å². The topological polar surface area (TPSA) is 675 Å². The average Bonchev–Trinajstić information content (AvgIpc) is 0.778. The summed E-state index contributed by atoms with van der Waals surface area (Å²) in [6.07, 6.45) is -45.5. The number of ketones is 1. The van der Waals surface area contributed by atoms with Crippen molar-refractivity contribution in [3.05, 3.63) is 0 Å².